The lowest BCUT2D eigenvalue weighted by Gasteiger charge is -2.32. The standard InChI is InChI=1S/C19H21BF3N3O3.C19H11ClF3N5O.C13H9BrF3N3O.C6H7BrN2/c1-11-14(20-28-17(2,3)18(4,5)29-20)9-13(10-25-11)26-16(27)12-6-7-24-15(8-12)19(21,22)23;1-10-15(13-4-12(7-24)17(20)27-8-13)6-14(9-26-10)28-18(29)11-2-3-25-16(5-11)19(21,22)23;1-7-10(14)5-9(6-19-7)20-12(21)8-2-3-18-11(4-8)13(15,16)17;1-4-6(7)2-5(8)3-9-4/h6-10H,1-5H3,(H,26,27);2-6,8-9H,1H3,(H,28,29);2-6H,1H3,(H,20,21);2-3H,8H2,1H3. The molecule has 458 valence electrons. The van der Waals surface area contributed by atoms with Crippen molar-refractivity contribution in [3.05, 3.63) is 193 Å². The molecular weight excluding hydrogens is 1320 g/mol. The van der Waals surface area contributed by atoms with E-state index in [1.807, 2.05) is 46.8 Å². The number of aromatic nitrogens is 8. The van der Waals surface area contributed by atoms with Crippen molar-refractivity contribution in [3.63, 3.8) is 0 Å². The van der Waals surface area contributed by atoms with Gasteiger partial charge in [-0.1, -0.05) is 11.6 Å². The van der Waals surface area contributed by atoms with E-state index in [2.05, 4.69) is 87.7 Å². The van der Waals surface area contributed by atoms with Crippen molar-refractivity contribution in [2.45, 2.75) is 85.1 Å². The van der Waals surface area contributed by atoms with E-state index in [-0.39, 0.29) is 33.1 Å². The summed E-state index contributed by atoms with van der Waals surface area (Å²) >= 11 is 12.4. The lowest BCUT2D eigenvalue weighted by molar-refractivity contribution is -0.142. The Kier molecular flexibility index (Phi) is 21.9. The third-order valence-electron chi connectivity index (χ3n) is 12.8. The molecule has 0 saturated carbocycles. The predicted octanol–water partition coefficient (Wildman–Crippen LogP) is 13.6. The maximum Gasteiger partial charge on any atom is 0.496 e. The van der Waals surface area contributed by atoms with Gasteiger partial charge in [0.05, 0.1) is 75.7 Å². The van der Waals surface area contributed by atoms with Crippen LogP contribution < -0.4 is 27.1 Å². The fraction of sp³-hybridized carbons (Fsp3) is 0.228. The number of amides is 3. The Bertz CT molecular complexity index is 3940. The SMILES string of the molecule is Cc1ncc(N)cc1Br.Cc1ncc(NC(=O)c2ccnc(C(F)(F)F)c2)cc1-c1cnc(Cl)c(C#N)c1.Cc1ncc(NC(=O)c2ccnc(C(F)(F)F)c2)cc1B1OC(C)(C)C(C)(C)O1.Cc1ncc(NC(=O)c2ccnc(C(F)(F)F)c2)cc1Br. The van der Waals surface area contributed by atoms with E-state index >= 15 is 0 Å². The van der Waals surface area contributed by atoms with Crippen molar-refractivity contribution in [2.75, 3.05) is 21.7 Å². The highest BCUT2D eigenvalue weighted by Crippen LogP contribution is 2.37. The number of rotatable bonds is 8. The molecule has 1 fully saturated rings. The van der Waals surface area contributed by atoms with Crippen molar-refractivity contribution in [2.24, 2.45) is 0 Å². The molecule has 18 nitrogen and oxygen atoms in total. The van der Waals surface area contributed by atoms with Crippen LogP contribution in [0.15, 0.2) is 125 Å². The first-order valence-corrected chi connectivity index (χ1v) is 27.3. The Balaban J connectivity index is 0.000000198. The zero-order chi connectivity index (χ0) is 65.3. The molecule has 0 atom stereocenters. The Morgan fingerprint density at radius 1 is 0.545 bits per heavy atom. The van der Waals surface area contributed by atoms with Gasteiger partial charge in [0.25, 0.3) is 17.7 Å². The minimum atomic E-state index is -4.66. The average Bonchev–Trinajstić information content (AvgIpc) is 2.76. The van der Waals surface area contributed by atoms with Gasteiger partial charge in [-0.15, -0.1) is 0 Å². The van der Waals surface area contributed by atoms with Crippen LogP contribution in [0.1, 0.15) is 104 Å². The minimum absolute atomic E-state index is 0.0597. The number of nitrogen functional groups attached to an aromatic ring is 1. The van der Waals surface area contributed by atoms with Crippen molar-refractivity contribution in [3.8, 4) is 17.2 Å². The summed E-state index contributed by atoms with van der Waals surface area (Å²) in [5, 5.41) is 16.7. The Hall–Kier alpha value is -8.50. The van der Waals surface area contributed by atoms with Gasteiger partial charge < -0.3 is 31.0 Å². The second-order valence-corrected chi connectivity index (χ2v) is 21.9. The van der Waals surface area contributed by atoms with Crippen LogP contribution in [-0.4, -0.2) is 75.9 Å². The number of halogens is 12. The molecule has 9 rings (SSSR count). The van der Waals surface area contributed by atoms with Gasteiger partial charge in [-0.25, -0.2) is 4.98 Å². The van der Waals surface area contributed by atoms with Gasteiger partial charge in [0.1, 0.15) is 28.3 Å². The van der Waals surface area contributed by atoms with E-state index < -0.39 is 71.7 Å². The predicted molar refractivity (Wildman–Crippen MR) is 316 cm³/mol. The first-order chi connectivity index (χ1) is 41.0. The monoisotopic (exact) mass is 1370 g/mol. The number of hydrogen-bond acceptors (Lipinski definition) is 15. The largest absolute Gasteiger partial charge is 0.496 e. The molecule has 8 aromatic heterocycles. The van der Waals surface area contributed by atoms with Crippen LogP contribution in [0.5, 0.6) is 0 Å². The summed E-state index contributed by atoms with van der Waals surface area (Å²) < 4.78 is 128. The third kappa shape index (κ3) is 18.3. The van der Waals surface area contributed by atoms with Crippen LogP contribution in [0, 0.1) is 39.0 Å². The zero-order valence-electron chi connectivity index (χ0n) is 47.2. The highest BCUT2D eigenvalue weighted by Gasteiger charge is 2.52. The number of anilines is 4. The summed E-state index contributed by atoms with van der Waals surface area (Å²) in [5.41, 5.74) is 6.96. The van der Waals surface area contributed by atoms with Crippen molar-refractivity contribution >= 4 is 96.5 Å². The first kappa shape index (κ1) is 68.6. The smallest absolute Gasteiger partial charge is 0.399 e. The van der Waals surface area contributed by atoms with Gasteiger partial charge >= 0.3 is 25.6 Å². The van der Waals surface area contributed by atoms with E-state index in [4.69, 9.17) is 31.9 Å². The topological polar surface area (TPSA) is 259 Å². The molecule has 0 aromatic carbocycles. The fourth-order valence-electron chi connectivity index (χ4n) is 7.28. The highest BCUT2D eigenvalue weighted by atomic mass is 79.9. The maximum absolute atomic E-state index is 12.8. The Morgan fingerprint density at radius 2 is 0.932 bits per heavy atom. The van der Waals surface area contributed by atoms with E-state index in [0.29, 0.717) is 67.7 Å². The lowest BCUT2D eigenvalue weighted by atomic mass is 9.78. The summed E-state index contributed by atoms with van der Waals surface area (Å²) in [4.78, 5) is 66.8. The normalized spacial score (nSPS) is 13.2. The van der Waals surface area contributed by atoms with Crippen LogP contribution in [0.25, 0.3) is 11.1 Å². The van der Waals surface area contributed by atoms with Crippen molar-refractivity contribution in [1.29, 1.82) is 5.26 Å². The molecule has 88 heavy (non-hydrogen) atoms. The lowest BCUT2D eigenvalue weighted by Crippen LogP contribution is -2.41. The molecule has 1 aliphatic heterocycles. The van der Waals surface area contributed by atoms with Gasteiger partial charge in [-0.05, 0) is 154 Å². The molecule has 0 bridgehead atoms. The minimum Gasteiger partial charge on any atom is -0.399 e. The molecule has 31 heteroatoms. The van der Waals surface area contributed by atoms with Gasteiger partial charge in [-0.3, -0.25) is 49.3 Å². The maximum atomic E-state index is 12.8. The summed E-state index contributed by atoms with van der Waals surface area (Å²) in [6.45, 7) is 14.9. The number of hydrogen-bond donors (Lipinski definition) is 4. The molecule has 0 unspecified atom stereocenters. The van der Waals surface area contributed by atoms with Crippen LogP contribution in [-0.2, 0) is 27.8 Å². The van der Waals surface area contributed by atoms with Gasteiger partial charge in [-0.2, -0.15) is 44.8 Å². The second-order valence-electron chi connectivity index (χ2n) is 19.8. The average molecular weight is 1370 g/mol. The summed E-state index contributed by atoms with van der Waals surface area (Å²) in [5.74, 6) is -2.12. The van der Waals surface area contributed by atoms with E-state index in [9.17, 15) is 53.9 Å². The number of pyridine rings is 8. The fourth-order valence-corrected chi connectivity index (χ4v) is 8.14. The molecule has 0 radical (unpaired) electrons. The molecule has 5 N–H and O–H groups in total. The molecule has 9 heterocycles. The molecule has 1 saturated heterocycles. The van der Waals surface area contributed by atoms with E-state index in [0.717, 1.165) is 34.5 Å². The number of alkyl halides is 9. The van der Waals surface area contributed by atoms with Gasteiger partial charge in [0.2, 0.25) is 0 Å². The summed E-state index contributed by atoms with van der Waals surface area (Å²) in [6, 6.07) is 15.8. The number of carbonyl (C=O) groups is 3. The highest BCUT2D eigenvalue weighted by molar-refractivity contribution is 9.10. The number of aryl methyl sites for hydroxylation is 4. The van der Waals surface area contributed by atoms with E-state index in [1.54, 1.807) is 45.2 Å². The van der Waals surface area contributed by atoms with Gasteiger partial charge in [0.15, 0.2) is 0 Å². The van der Waals surface area contributed by atoms with Crippen molar-refractivity contribution in [1.82, 2.24) is 39.9 Å². The third-order valence-corrected chi connectivity index (χ3v) is 14.7. The van der Waals surface area contributed by atoms with Gasteiger partial charge in [0, 0.05) is 78.4 Å². The number of carbonyl (C=O) groups excluding carboxylic acids is 3. The number of nitrogens with one attached hydrogen (secondary N) is 3. The molecular formula is C57H48BBr2ClF9N13O5. The second kappa shape index (κ2) is 28.1. The van der Waals surface area contributed by atoms with Crippen LogP contribution in [0.2, 0.25) is 5.15 Å². The van der Waals surface area contributed by atoms with E-state index in [1.165, 1.54) is 49.1 Å². The number of nitrogens with zero attached hydrogens (tertiary/aromatic N) is 9. The number of nitriles is 1. The van der Waals surface area contributed by atoms with Crippen LogP contribution in [0.3, 0.4) is 0 Å². The molecule has 1 aliphatic rings. The molecule has 3 amide bonds. The van der Waals surface area contributed by atoms with Crippen LogP contribution in [0.4, 0.5) is 62.3 Å². The van der Waals surface area contributed by atoms with Crippen molar-refractivity contribution < 1.29 is 63.2 Å². The summed E-state index contributed by atoms with van der Waals surface area (Å²) in [6.07, 6.45) is -3.77. The molecule has 8 aromatic rings. The Labute approximate surface area is 518 Å². The Morgan fingerprint density at radius 3 is 1.33 bits per heavy atom. The molecule has 0 spiro atoms. The number of nitrogens with two attached hydrogens (primary N) is 1. The quantitative estimate of drug-likeness (QED) is 0.0626. The zero-order valence-corrected chi connectivity index (χ0v) is 51.2. The van der Waals surface area contributed by atoms with Crippen LogP contribution >= 0.6 is 43.5 Å². The first-order valence-electron chi connectivity index (χ1n) is 25.3. The molecule has 0 aliphatic carbocycles. The summed E-state index contributed by atoms with van der Waals surface area (Å²) in [7, 11) is -0.679.